The summed E-state index contributed by atoms with van der Waals surface area (Å²) in [6.07, 6.45) is 9.67. The van der Waals surface area contributed by atoms with Crippen LogP contribution >= 0.6 is 12.0 Å². The zero-order valence-corrected chi connectivity index (χ0v) is 8.36. The fourth-order valence-corrected chi connectivity index (χ4v) is 0.720. The lowest BCUT2D eigenvalue weighted by molar-refractivity contribution is 0.253. The van der Waals surface area contributed by atoms with Gasteiger partial charge in [-0.05, 0) is 12.5 Å². The second-order valence-electron chi connectivity index (χ2n) is 2.11. The smallest absolute Gasteiger partial charge is 0.0466 e. The van der Waals surface area contributed by atoms with Crippen LogP contribution in [0.1, 0.15) is 6.92 Å². The molecule has 0 atom stereocenters. The molecule has 0 heterocycles. The van der Waals surface area contributed by atoms with Gasteiger partial charge in [-0.25, -0.2) is 4.28 Å². The van der Waals surface area contributed by atoms with Crippen molar-refractivity contribution in [1.29, 1.82) is 0 Å². The molecule has 1 N–H and O–H groups in total. The Labute approximate surface area is 78.5 Å². The van der Waals surface area contributed by atoms with E-state index in [-0.39, 0.29) is 0 Å². The van der Waals surface area contributed by atoms with E-state index in [2.05, 4.69) is 12.1 Å². The third-order valence-corrected chi connectivity index (χ3v) is 1.36. The molecule has 0 aliphatic heterocycles. The van der Waals surface area contributed by atoms with Gasteiger partial charge in [-0.1, -0.05) is 30.9 Å². The standard InChI is InChI=1S/C9H15NOS/c1-4-5-6-7-9(2)8-10-11-12-3/h4-7,10H,2,8H2,1,3H3/b5-4-,7-6-. The maximum Gasteiger partial charge on any atom is 0.0466 e. The van der Waals surface area contributed by atoms with Crippen molar-refractivity contribution in [1.82, 2.24) is 5.48 Å². The van der Waals surface area contributed by atoms with E-state index >= 15 is 0 Å². The molecule has 0 aromatic carbocycles. The summed E-state index contributed by atoms with van der Waals surface area (Å²) in [5.41, 5.74) is 3.74. The third kappa shape index (κ3) is 7.60. The molecule has 0 amide bonds. The van der Waals surface area contributed by atoms with Gasteiger partial charge in [0.2, 0.25) is 0 Å². The average molecular weight is 185 g/mol. The molecule has 0 radical (unpaired) electrons. The molecule has 0 saturated carbocycles. The highest BCUT2D eigenvalue weighted by molar-refractivity contribution is 7.93. The number of allylic oxidation sites excluding steroid dienone is 3. The largest absolute Gasteiger partial charge is 0.232 e. The Bertz CT molecular complexity index is 175. The van der Waals surface area contributed by atoms with Crippen molar-refractivity contribution in [3.8, 4) is 0 Å². The molecule has 0 unspecified atom stereocenters. The number of rotatable bonds is 6. The summed E-state index contributed by atoms with van der Waals surface area (Å²) in [6, 6.07) is 0. The Morgan fingerprint density at radius 3 is 2.92 bits per heavy atom. The van der Waals surface area contributed by atoms with Crippen LogP contribution in [0.3, 0.4) is 0 Å². The first-order valence-electron chi connectivity index (χ1n) is 3.71. The van der Waals surface area contributed by atoms with E-state index in [9.17, 15) is 0 Å². The molecule has 0 spiro atoms. The molecule has 0 aromatic rings. The lowest BCUT2D eigenvalue weighted by Crippen LogP contribution is -2.12. The van der Waals surface area contributed by atoms with Crippen LogP contribution < -0.4 is 5.48 Å². The van der Waals surface area contributed by atoms with Gasteiger partial charge in [-0.3, -0.25) is 0 Å². The summed E-state index contributed by atoms with van der Waals surface area (Å²) in [7, 11) is 0. The summed E-state index contributed by atoms with van der Waals surface area (Å²) in [6.45, 7) is 6.45. The van der Waals surface area contributed by atoms with Gasteiger partial charge in [0.15, 0.2) is 0 Å². The Kier molecular flexibility index (Phi) is 8.22. The van der Waals surface area contributed by atoms with Gasteiger partial charge in [-0.15, -0.1) is 0 Å². The van der Waals surface area contributed by atoms with Gasteiger partial charge < -0.3 is 0 Å². The van der Waals surface area contributed by atoms with Crippen molar-refractivity contribution in [2.75, 3.05) is 12.8 Å². The molecule has 0 rings (SSSR count). The van der Waals surface area contributed by atoms with E-state index in [4.69, 9.17) is 4.28 Å². The van der Waals surface area contributed by atoms with Crippen molar-refractivity contribution in [2.45, 2.75) is 6.92 Å². The average Bonchev–Trinajstić information content (AvgIpc) is 2.06. The molecule has 0 bridgehead atoms. The first-order chi connectivity index (χ1) is 5.81. The van der Waals surface area contributed by atoms with E-state index in [0.717, 1.165) is 5.57 Å². The molecule has 68 valence electrons. The maximum atomic E-state index is 4.86. The third-order valence-electron chi connectivity index (χ3n) is 1.08. The van der Waals surface area contributed by atoms with Gasteiger partial charge in [0.1, 0.15) is 0 Å². The fraction of sp³-hybridized carbons (Fsp3) is 0.333. The monoisotopic (exact) mass is 185 g/mol. The first-order valence-corrected chi connectivity index (χ1v) is 4.86. The Hall–Kier alpha value is -0.510. The summed E-state index contributed by atoms with van der Waals surface area (Å²) in [5, 5.41) is 0. The molecule has 3 heteroatoms. The minimum Gasteiger partial charge on any atom is -0.232 e. The van der Waals surface area contributed by atoms with E-state index in [1.807, 2.05) is 37.5 Å². The van der Waals surface area contributed by atoms with Crippen molar-refractivity contribution in [2.24, 2.45) is 0 Å². The molecule has 0 fully saturated rings. The molecule has 0 aliphatic carbocycles. The highest BCUT2D eigenvalue weighted by atomic mass is 32.2. The van der Waals surface area contributed by atoms with Crippen LogP contribution in [0.2, 0.25) is 0 Å². The number of nitrogens with one attached hydrogen (secondary N) is 1. The maximum absolute atomic E-state index is 4.86. The highest BCUT2D eigenvalue weighted by Gasteiger charge is 1.86. The van der Waals surface area contributed by atoms with Crippen LogP contribution in [0.4, 0.5) is 0 Å². The fourth-order valence-electron chi connectivity index (χ4n) is 0.543. The summed E-state index contributed by atoms with van der Waals surface area (Å²) in [5.74, 6) is 0. The summed E-state index contributed by atoms with van der Waals surface area (Å²) in [4.78, 5) is 0. The lowest BCUT2D eigenvalue weighted by atomic mass is 10.3. The minimum atomic E-state index is 0.648. The molecule has 0 aromatic heterocycles. The van der Waals surface area contributed by atoms with E-state index < -0.39 is 0 Å². The molecular weight excluding hydrogens is 170 g/mol. The molecular formula is C9H15NOS. The van der Waals surface area contributed by atoms with E-state index in [1.54, 1.807) is 0 Å². The van der Waals surface area contributed by atoms with Gasteiger partial charge >= 0.3 is 0 Å². The van der Waals surface area contributed by atoms with Crippen LogP contribution in [0, 0.1) is 0 Å². The van der Waals surface area contributed by atoms with Crippen molar-refractivity contribution in [3.63, 3.8) is 0 Å². The lowest BCUT2D eigenvalue weighted by Gasteiger charge is -2.00. The van der Waals surface area contributed by atoms with Crippen molar-refractivity contribution < 1.29 is 4.28 Å². The van der Waals surface area contributed by atoms with Gasteiger partial charge in [-0.2, -0.15) is 5.48 Å². The highest BCUT2D eigenvalue weighted by Crippen LogP contribution is 1.94. The molecule has 0 saturated heterocycles. The van der Waals surface area contributed by atoms with Crippen molar-refractivity contribution >= 4 is 12.0 Å². The minimum absolute atomic E-state index is 0.648. The summed E-state index contributed by atoms with van der Waals surface area (Å²) < 4.78 is 4.86. The van der Waals surface area contributed by atoms with Crippen LogP contribution in [-0.4, -0.2) is 12.8 Å². The van der Waals surface area contributed by atoms with Gasteiger partial charge in [0, 0.05) is 24.8 Å². The zero-order chi connectivity index (χ0) is 9.23. The zero-order valence-electron chi connectivity index (χ0n) is 7.54. The Morgan fingerprint density at radius 1 is 1.58 bits per heavy atom. The number of hydrogen-bond acceptors (Lipinski definition) is 3. The van der Waals surface area contributed by atoms with Crippen LogP contribution in [0.5, 0.6) is 0 Å². The predicted molar refractivity (Wildman–Crippen MR) is 55.7 cm³/mol. The predicted octanol–water partition coefficient (Wildman–Crippen LogP) is 2.47. The molecule has 0 aliphatic rings. The first kappa shape index (κ1) is 11.5. The Balaban J connectivity index is 3.45. The summed E-state index contributed by atoms with van der Waals surface area (Å²) >= 11 is 1.28. The van der Waals surface area contributed by atoms with E-state index in [0.29, 0.717) is 6.54 Å². The normalized spacial score (nSPS) is 11.5. The van der Waals surface area contributed by atoms with E-state index in [1.165, 1.54) is 12.0 Å². The Morgan fingerprint density at radius 2 is 2.33 bits per heavy atom. The topological polar surface area (TPSA) is 21.3 Å². The van der Waals surface area contributed by atoms with Crippen LogP contribution in [0.25, 0.3) is 0 Å². The quantitative estimate of drug-likeness (QED) is 0.297. The van der Waals surface area contributed by atoms with Gasteiger partial charge in [0.05, 0.1) is 0 Å². The van der Waals surface area contributed by atoms with Crippen LogP contribution in [-0.2, 0) is 4.28 Å². The second-order valence-corrected chi connectivity index (χ2v) is 2.61. The molecule has 12 heavy (non-hydrogen) atoms. The molecule has 2 nitrogen and oxygen atoms in total. The second kappa shape index (κ2) is 8.59. The SMILES string of the molecule is C=C(/C=C\C=C/C)CNOSC. The van der Waals surface area contributed by atoms with Crippen molar-refractivity contribution in [3.05, 3.63) is 36.5 Å². The number of hydrogen-bond donors (Lipinski definition) is 1. The van der Waals surface area contributed by atoms with Gasteiger partial charge in [0.25, 0.3) is 0 Å². The number of hydroxylamine groups is 1. The van der Waals surface area contributed by atoms with Crippen LogP contribution in [0.15, 0.2) is 36.5 Å².